The van der Waals surface area contributed by atoms with Crippen LogP contribution in [0, 0.1) is 6.92 Å². The van der Waals surface area contributed by atoms with Crippen LogP contribution in [-0.2, 0) is 9.84 Å². The highest BCUT2D eigenvalue weighted by molar-refractivity contribution is 7.91. The molecule has 0 saturated carbocycles. The van der Waals surface area contributed by atoms with Crippen LogP contribution >= 0.6 is 12.4 Å². The lowest BCUT2D eigenvalue weighted by molar-refractivity contribution is 0.158. The third-order valence-corrected chi connectivity index (χ3v) is 3.85. The summed E-state index contributed by atoms with van der Waals surface area (Å²) in [5, 5.41) is 0. The zero-order valence-electron chi connectivity index (χ0n) is 9.94. The van der Waals surface area contributed by atoms with Gasteiger partial charge in [-0.1, -0.05) is 6.07 Å². The number of benzene rings is 1. The van der Waals surface area contributed by atoms with Crippen molar-refractivity contribution in [2.24, 2.45) is 0 Å². The number of halogens is 4. The number of anilines is 1. The Labute approximate surface area is 115 Å². The molecule has 108 valence electrons. The summed E-state index contributed by atoms with van der Waals surface area (Å²) < 4.78 is 59.8. The average molecular weight is 316 g/mol. The van der Waals surface area contributed by atoms with E-state index < -0.39 is 27.8 Å². The van der Waals surface area contributed by atoms with Crippen molar-refractivity contribution in [3.05, 3.63) is 35.7 Å². The number of nitrogens with two attached hydrogens (primary N) is 1. The number of nitrogen functional groups attached to an aromatic ring is 1. The second kappa shape index (κ2) is 6.81. The van der Waals surface area contributed by atoms with Crippen LogP contribution in [0.15, 0.2) is 35.0 Å². The Kier molecular flexibility index (Phi) is 6.38. The smallest absolute Gasteiger partial charge is 0.289 e. The summed E-state index contributed by atoms with van der Waals surface area (Å²) in [5.74, 6) is -2.61. The molecule has 2 N–H and O–H groups in total. The Morgan fingerprint density at radius 1 is 1.42 bits per heavy atom. The van der Waals surface area contributed by atoms with Gasteiger partial charge >= 0.3 is 0 Å². The summed E-state index contributed by atoms with van der Waals surface area (Å²) in [5.41, 5.74) is 6.31. The van der Waals surface area contributed by atoms with Gasteiger partial charge in [0.05, 0.1) is 16.3 Å². The number of hydrogen-bond acceptors (Lipinski definition) is 3. The molecule has 0 atom stereocenters. The second-order valence-corrected chi connectivity index (χ2v) is 5.72. The van der Waals surface area contributed by atoms with Gasteiger partial charge in [0.2, 0.25) is 0 Å². The van der Waals surface area contributed by atoms with Gasteiger partial charge < -0.3 is 5.73 Å². The van der Waals surface area contributed by atoms with Crippen LogP contribution in [-0.4, -0.2) is 20.6 Å². The maximum atomic E-state index is 12.6. The molecule has 0 fully saturated rings. The molecule has 0 amide bonds. The van der Waals surface area contributed by atoms with Crippen LogP contribution in [0.25, 0.3) is 0 Å². The minimum absolute atomic E-state index is 0. The van der Waals surface area contributed by atoms with Gasteiger partial charge in [0, 0.05) is 0 Å². The summed E-state index contributed by atoms with van der Waals surface area (Å²) in [6, 6.07) is 4.24. The van der Waals surface area contributed by atoms with Crippen molar-refractivity contribution >= 4 is 27.9 Å². The molecule has 0 saturated heterocycles. The van der Waals surface area contributed by atoms with Gasteiger partial charge in [0.1, 0.15) is 0 Å². The lowest BCUT2D eigenvalue weighted by atomic mass is 10.2. The molecule has 0 heterocycles. The summed E-state index contributed by atoms with van der Waals surface area (Å²) in [7, 11) is -3.91. The lowest BCUT2D eigenvalue weighted by Crippen LogP contribution is -2.09. The van der Waals surface area contributed by atoms with E-state index in [4.69, 9.17) is 5.73 Å². The molecule has 0 radical (unpaired) electrons. The Morgan fingerprint density at radius 3 is 2.47 bits per heavy atom. The molecule has 1 aromatic carbocycles. The first-order valence-corrected chi connectivity index (χ1v) is 6.62. The molecule has 8 heteroatoms. The maximum Gasteiger partial charge on any atom is 0.289 e. The van der Waals surface area contributed by atoms with Gasteiger partial charge in [-0.2, -0.15) is 0 Å². The molecule has 0 bridgehead atoms. The molecule has 19 heavy (non-hydrogen) atoms. The first-order chi connectivity index (χ1) is 8.24. The van der Waals surface area contributed by atoms with E-state index in [9.17, 15) is 21.6 Å². The topological polar surface area (TPSA) is 60.2 Å². The Hall–Kier alpha value is -1.21. The van der Waals surface area contributed by atoms with Crippen molar-refractivity contribution in [1.82, 2.24) is 0 Å². The Bertz CT molecular complexity index is 573. The third-order valence-electron chi connectivity index (χ3n) is 2.21. The molecule has 1 rings (SSSR count). The zero-order valence-corrected chi connectivity index (χ0v) is 11.6. The lowest BCUT2D eigenvalue weighted by Gasteiger charge is -2.06. The van der Waals surface area contributed by atoms with Crippen LogP contribution in [0.5, 0.6) is 0 Å². The van der Waals surface area contributed by atoms with Crippen LogP contribution in [0.3, 0.4) is 0 Å². The van der Waals surface area contributed by atoms with E-state index in [-0.39, 0.29) is 23.0 Å². The van der Waals surface area contributed by atoms with Gasteiger partial charge in [0.15, 0.2) is 15.7 Å². The molecule has 1 aromatic rings. The number of rotatable bonds is 4. The second-order valence-electron chi connectivity index (χ2n) is 3.71. The van der Waals surface area contributed by atoms with Gasteiger partial charge in [-0.25, -0.2) is 21.6 Å². The first-order valence-electron chi connectivity index (χ1n) is 4.96. The van der Waals surface area contributed by atoms with E-state index in [2.05, 4.69) is 0 Å². The largest absolute Gasteiger partial charge is 0.398 e. The molecule has 0 aromatic heterocycles. The fraction of sp³-hybridized carbons (Fsp3) is 0.273. The monoisotopic (exact) mass is 315 g/mol. The molecule has 0 aliphatic carbocycles. The average Bonchev–Trinajstić information content (AvgIpc) is 2.25. The highest BCUT2D eigenvalue weighted by Crippen LogP contribution is 2.21. The summed E-state index contributed by atoms with van der Waals surface area (Å²) in [6.45, 7) is 1.73. The van der Waals surface area contributed by atoms with Crippen molar-refractivity contribution in [3.8, 4) is 0 Å². The van der Waals surface area contributed by atoms with Gasteiger partial charge in [-0.15, -0.1) is 12.4 Å². The SMILES string of the molecule is Cc1ccc(S(=O)(=O)C/C=C(\F)C(F)F)c(N)c1.Cl. The fourth-order valence-electron chi connectivity index (χ4n) is 1.32. The van der Waals surface area contributed by atoms with Gasteiger partial charge in [0.25, 0.3) is 6.43 Å². The van der Waals surface area contributed by atoms with Gasteiger partial charge in [-0.3, -0.25) is 0 Å². The van der Waals surface area contributed by atoms with Gasteiger partial charge in [-0.05, 0) is 30.7 Å². The van der Waals surface area contributed by atoms with Crippen molar-refractivity contribution in [3.63, 3.8) is 0 Å². The predicted octanol–water partition coefficient (Wildman–Crippen LogP) is 2.89. The van der Waals surface area contributed by atoms with Crippen LogP contribution in [0.2, 0.25) is 0 Å². The standard InChI is InChI=1S/C11H12F3NO2S.ClH/c1-7-2-3-10(9(15)6-7)18(16,17)5-4-8(12)11(13)14;/h2-4,6,11H,5,15H2,1H3;1H/b8-4-;. The van der Waals surface area contributed by atoms with Crippen molar-refractivity contribution in [1.29, 1.82) is 0 Å². The number of hydrogen-bond donors (Lipinski definition) is 1. The highest BCUT2D eigenvalue weighted by atomic mass is 35.5. The van der Waals surface area contributed by atoms with Crippen molar-refractivity contribution < 1.29 is 21.6 Å². The number of allylic oxidation sites excluding steroid dienone is 1. The molecular weight excluding hydrogens is 303 g/mol. The first kappa shape index (κ1) is 17.8. The predicted molar refractivity (Wildman–Crippen MR) is 70.1 cm³/mol. The fourth-order valence-corrected chi connectivity index (χ4v) is 2.57. The van der Waals surface area contributed by atoms with Crippen LogP contribution in [0.4, 0.5) is 18.9 Å². The molecule has 0 aliphatic heterocycles. The molecule has 3 nitrogen and oxygen atoms in total. The minimum Gasteiger partial charge on any atom is -0.398 e. The Morgan fingerprint density at radius 2 is 2.00 bits per heavy atom. The molecule has 0 spiro atoms. The maximum absolute atomic E-state index is 12.6. The molecule has 0 unspecified atom stereocenters. The van der Waals surface area contributed by atoms with Crippen molar-refractivity contribution in [2.75, 3.05) is 11.5 Å². The minimum atomic E-state index is -3.91. The van der Waals surface area contributed by atoms with E-state index in [0.29, 0.717) is 6.08 Å². The quantitative estimate of drug-likeness (QED) is 0.869. The molecule has 0 aliphatic rings. The van der Waals surface area contributed by atoms with Crippen molar-refractivity contribution in [2.45, 2.75) is 18.2 Å². The number of aryl methyl sites for hydroxylation is 1. The zero-order chi connectivity index (χ0) is 13.9. The summed E-state index contributed by atoms with van der Waals surface area (Å²) >= 11 is 0. The third kappa shape index (κ3) is 4.76. The number of sulfone groups is 1. The highest BCUT2D eigenvalue weighted by Gasteiger charge is 2.18. The molecular formula is C11H13ClF3NO2S. The van der Waals surface area contributed by atoms with E-state index in [1.165, 1.54) is 18.2 Å². The normalized spacial score (nSPS) is 12.4. The summed E-state index contributed by atoms with van der Waals surface area (Å²) in [6.07, 6.45) is -2.96. The van der Waals surface area contributed by atoms with Crippen LogP contribution in [0.1, 0.15) is 5.56 Å². The van der Waals surface area contributed by atoms with E-state index in [0.717, 1.165) is 5.56 Å². The van der Waals surface area contributed by atoms with Crippen LogP contribution < -0.4 is 5.73 Å². The van der Waals surface area contributed by atoms with E-state index in [1.54, 1.807) is 6.92 Å². The number of alkyl halides is 2. The Balaban J connectivity index is 0.00000324. The summed E-state index contributed by atoms with van der Waals surface area (Å²) in [4.78, 5) is -0.189. The van der Waals surface area contributed by atoms with E-state index in [1.807, 2.05) is 0 Å². The van der Waals surface area contributed by atoms with E-state index >= 15 is 0 Å².